The normalized spacial score (nSPS) is 11.1. The zero-order chi connectivity index (χ0) is 30.1. The van der Waals surface area contributed by atoms with E-state index in [-0.39, 0.29) is 30.0 Å². The second-order valence-electron chi connectivity index (χ2n) is 9.54. The highest BCUT2D eigenvalue weighted by atomic mass is 19.1. The van der Waals surface area contributed by atoms with Crippen LogP contribution >= 0.6 is 0 Å². The van der Waals surface area contributed by atoms with E-state index in [1.54, 1.807) is 54.6 Å². The minimum Gasteiger partial charge on any atom is -0.452 e. The van der Waals surface area contributed by atoms with Crippen LogP contribution in [0.2, 0.25) is 0 Å². The Balaban J connectivity index is 1.29. The number of nitrogens with zero attached hydrogens (tertiary/aromatic N) is 6. The van der Waals surface area contributed by atoms with Crippen LogP contribution in [0.15, 0.2) is 101 Å². The smallest absolute Gasteiger partial charge is 0.335 e. The molecule has 12 heteroatoms. The molecule has 0 aliphatic carbocycles. The maximum Gasteiger partial charge on any atom is 0.335 e. The summed E-state index contributed by atoms with van der Waals surface area (Å²) in [6, 6.07) is 12.3. The van der Waals surface area contributed by atoms with Gasteiger partial charge in [0.15, 0.2) is 23.1 Å². The number of fused-ring (bicyclic) bond motifs is 1. The van der Waals surface area contributed by atoms with Gasteiger partial charge in [-0.25, -0.2) is 22.7 Å². The Morgan fingerprint density at radius 1 is 0.930 bits per heavy atom. The number of ketones is 1. The third-order valence-corrected chi connectivity index (χ3v) is 6.79. The van der Waals surface area contributed by atoms with Gasteiger partial charge in [-0.05, 0) is 61.0 Å². The maximum atomic E-state index is 15.3. The number of carbonyl (C=O) groups excluding carboxylic acids is 1. The largest absolute Gasteiger partial charge is 0.452 e. The van der Waals surface area contributed by atoms with E-state index >= 15 is 4.39 Å². The monoisotopic (exact) mass is 580 g/mol. The van der Waals surface area contributed by atoms with Crippen molar-refractivity contribution >= 4 is 11.3 Å². The van der Waals surface area contributed by atoms with E-state index in [0.717, 1.165) is 22.8 Å². The number of aryl methyl sites for hydroxylation is 1. The number of halogens is 2. The third kappa shape index (κ3) is 5.33. The number of hydrogen-bond acceptors (Lipinski definition) is 7. The second kappa shape index (κ2) is 11.2. The van der Waals surface area contributed by atoms with Crippen LogP contribution in [0.1, 0.15) is 22.8 Å². The summed E-state index contributed by atoms with van der Waals surface area (Å²) >= 11 is 0. The lowest BCUT2D eigenvalue weighted by atomic mass is 10.0. The summed E-state index contributed by atoms with van der Waals surface area (Å²) in [5.74, 6) is -1.65. The summed E-state index contributed by atoms with van der Waals surface area (Å²) in [5, 5.41) is 4.25. The van der Waals surface area contributed by atoms with Crippen molar-refractivity contribution in [2.24, 2.45) is 0 Å². The molecule has 4 heterocycles. The van der Waals surface area contributed by atoms with E-state index in [1.165, 1.54) is 35.0 Å². The number of hydrogen-bond donors (Lipinski definition) is 0. The fourth-order valence-electron chi connectivity index (χ4n) is 4.64. The number of aromatic nitrogens is 6. The van der Waals surface area contributed by atoms with E-state index in [0.29, 0.717) is 28.1 Å². The molecule has 0 atom stereocenters. The third-order valence-electron chi connectivity index (χ3n) is 6.79. The van der Waals surface area contributed by atoms with Gasteiger partial charge in [0.2, 0.25) is 0 Å². The van der Waals surface area contributed by atoms with E-state index in [2.05, 4.69) is 15.1 Å². The average Bonchev–Trinajstić information content (AvgIpc) is 3.49. The molecule has 0 saturated carbocycles. The molecule has 4 aromatic heterocycles. The number of benzene rings is 2. The quantitative estimate of drug-likeness (QED) is 0.242. The van der Waals surface area contributed by atoms with Crippen molar-refractivity contribution in [1.29, 1.82) is 0 Å². The van der Waals surface area contributed by atoms with E-state index in [1.807, 2.05) is 0 Å². The van der Waals surface area contributed by atoms with Gasteiger partial charge in [-0.3, -0.25) is 24.1 Å². The Hall–Kier alpha value is -5.78. The minimum absolute atomic E-state index is 0.0891. The summed E-state index contributed by atoms with van der Waals surface area (Å²) in [6.45, 7) is 1.87. The first-order valence-electron chi connectivity index (χ1n) is 13.2. The average molecular weight is 581 g/mol. The fraction of sp³-hybridized carbons (Fsp3) is 0.0968. The summed E-state index contributed by atoms with van der Waals surface area (Å²) in [4.78, 5) is 47.8. The second-order valence-corrected chi connectivity index (χ2v) is 9.54. The van der Waals surface area contributed by atoms with Crippen molar-refractivity contribution in [3.8, 4) is 28.4 Å². The van der Waals surface area contributed by atoms with Gasteiger partial charge in [-0.2, -0.15) is 5.10 Å². The molecule has 6 rings (SSSR count). The Kier molecular flexibility index (Phi) is 7.16. The number of carbonyl (C=O) groups is 1. The van der Waals surface area contributed by atoms with Gasteiger partial charge in [0, 0.05) is 43.3 Å². The molecule has 0 unspecified atom stereocenters. The van der Waals surface area contributed by atoms with Gasteiger partial charge in [0.25, 0.3) is 5.56 Å². The van der Waals surface area contributed by atoms with Crippen LogP contribution in [0.4, 0.5) is 8.78 Å². The fourth-order valence-corrected chi connectivity index (χ4v) is 4.64. The molecule has 0 amide bonds. The molecule has 0 aliphatic rings. The van der Waals surface area contributed by atoms with Crippen molar-refractivity contribution in [2.45, 2.75) is 19.9 Å². The first kappa shape index (κ1) is 27.4. The van der Waals surface area contributed by atoms with Gasteiger partial charge in [-0.1, -0.05) is 6.07 Å². The predicted octanol–water partition coefficient (Wildman–Crippen LogP) is 4.62. The van der Waals surface area contributed by atoms with Gasteiger partial charge in [0.05, 0.1) is 23.8 Å². The topological polar surface area (TPSA) is 113 Å². The number of rotatable bonds is 8. The molecule has 0 bridgehead atoms. The Morgan fingerprint density at radius 2 is 1.74 bits per heavy atom. The molecular weight excluding hydrogens is 558 g/mol. The number of ether oxygens (including phenoxy) is 1. The standard InChI is InChI=1S/C31H22F2N6O4/c1-2-37-18-23(30(41)39(31(37)42)22-6-4-21(32)5-7-22)27(40)14-19-3-8-28(24(33)13-19)43-29-15-20(25-16-34-11-12-35-25)17-38-26(29)9-10-36-38/h3-13,15-18H,2,14H2,1H3. The van der Waals surface area contributed by atoms with Crippen molar-refractivity contribution in [3.63, 3.8) is 0 Å². The Bertz CT molecular complexity index is 2100. The van der Waals surface area contributed by atoms with E-state index in [9.17, 15) is 18.8 Å². The van der Waals surface area contributed by atoms with Gasteiger partial charge < -0.3 is 4.74 Å². The lowest BCUT2D eigenvalue weighted by molar-refractivity contribution is 0.0990. The van der Waals surface area contributed by atoms with Crippen LogP contribution in [0.5, 0.6) is 11.5 Å². The zero-order valence-corrected chi connectivity index (χ0v) is 22.6. The van der Waals surface area contributed by atoms with Gasteiger partial charge >= 0.3 is 5.69 Å². The van der Waals surface area contributed by atoms with Crippen LogP contribution in [-0.2, 0) is 13.0 Å². The van der Waals surface area contributed by atoms with Crippen molar-refractivity contribution in [1.82, 2.24) is 28.7 Å². The molecule has 0 fully saturated rings. The van der Waals surface area contributed by atoms with Crippen LogP contribution < -0.4 is 16.0 Å². The SMILES string of the molecule is CCn1cc(C(=O)Cc2ccc(Oc3cc(-c4cnccn4)cn4nccc34)c(F)c2)c(=O)n(-c2ccc(F)cc2)c1=O. The van der Waals surface area contributed by atoms with Crippen molar-refractivity contribution < 1.29 is 18.3 Å². The molecule has 43 heavy (non-hydrogen) atoms. The van der Waals surface area contributed by atoms with Crippen molar-refractivity contribution in [2.75, 3.05) is 0 Å². The molecule has 214 valence electrons. The van der Waals surface area contributed by atoms with Crippen LogP contribution in [0, 0.1) is 11.6 Å². The lowest BCUT2D eigenvalue weighted by Crippen LogP contribution is -2.41. The van der Waals surface area contributed by atoms with Gasteiger partial charge in [0.1, 0.15) is 16.9 Å². The minimum atomic E-state index is -0.848. The highest BCUT2D eigenvalue weighted by molar-refractivity contribution is 5.97. The van der Waals surface area contributed by atoms with Crippen LogP contribution in [-0.4, -0.2) is 34.5 Å². The Labute approximate surface area is 242 Å². The van der Waals surface area contributed by atoms with Crippen molar-refractivity contribution in [3.05, 3.63) is 135 Å². The predicted molar refractivity (Wildman–Crippen MR) is 153 cm³/mol. The maximum absolute atomic E-state index is 15.3. The van der Waals surface area contributed by atoms with E-state index < -0.39 is 28.7 Å². The van der Waals surface area contributed by atoms with Crippen LogP contribution in [0.3, 0.4) is 0 Å². The summed E-state index contributed by atoms with van der Waals surface area (Å²) < 4.78 is 38.3. The summed E-state index contributed by atoms with van der Waals surface area (Å²) in [7, 11) is 0. The summed E-state index contributed by atoms with van der Waals surface area (Å²) in [6.07, 6.45) is 8.91. The molecule has 6 aromatic rings. The molecule has 0 spiro atoms. The molecule has 2 aromatic carbocycles. The van der Waals surface area contributed by atoms with Crippen LogP contribution in [0.25, 0.3) is 22.5 Å². The highest BCUT2D eigenvalue weighted by Gasteiger charge is 2.20. The van der Waals surface area contributed by atoms with Gasteiger partial charge in [-0.15, -0.1) is 0 Å². The highest BCUT2D eigenvalue weighted by Crippen LogP contribution is 2.32. The molecule has 0 aliphatic heterocycles. The molecule has 0 saturated heterocycles. The lowest BCUT2D eigenvalue weighted by Gasteiger charge is -2.13. The number of pyridine rings is 1. The van der Waals surface area contributed by atoms with E-state index in [4.69, 9.17) is 4.74 Å². The molecule has 0 radical (unpaired) electrons. The molecule has 0 N–H and O–H groups in total. The first-order chi connectivity index (χ1) is 20.8. The molecular formula is C31H22F2N6O4. The Morgan fingerprint density at radius 3 is 2.47 bits per heavy atom. The zero-order valence-electron chi connectivity index (χ0n) is 22.6. The number of Topliss-reactive ketones (excluding diaryl/α,β-unsaturated/α-hetero) is 1. The molecule has 10 nitrogen and oxygen atoms in total. The summed E-state index contributed by atoms with van der Waals surface area (Å²) in [5.41, 5.74) is 0.466. The first-order valence-corrected chi connectivity index (χ1v) is 13.2.